The van der Waals surface area contributed by atoms with E-state index in [1.54, 1.807) is 30.3 Å². The third-order valence-electron chi connectivity index (χ3n) is 3.00. The van der Waals surface area contributed by atoms with Crippen LogP contribution in [0.15, 0.2) is 47.4 Å². The molecule has 0 unspecified atom stereocenters. The van der Waals surface area contributed by atoms with Gasteiger partial charge in [0.2, 0.25) is 0 Å². The van der Waals surface area contributed by atoms with Crippen LogP contribution in [0.5, 0.6) is 5.75 Å². The van der Waals surface area contributed by atoms with Gasteiger partial charge >= 0.3 is 0 Å². The summed E-state index contributed by atoms with van der Waals surface area (Å²) in [7, 11) is -2.12. The number of nitrogens with zero attached hydrogens (tertiary/aromatic N) is 1. The van der Waals surface area contributed by atoms with Crippen molar-refractivity contribution in [1.82, 2.24) is 0 Å². The van der Waals surface area contributed by atoms with Crippen LogP contribution in [0.3, 0.4) is 0 Å². The van der Waals surface area contributed by atoms with E-state index in [-0.39, 0.29) is 16.3 Å². The van der Waals surface area contributed by atoms with Crippen LogP contribution in [-0.2, 0) is 15.6 Å². The van der Waals surface area contributed by atoms with Gasteiger partial charge in [0, 0.05) is 6.07 Å². The molecule has 21 heavy (non-hydrogen) atoms. The van der Waals surface area contributed by atoms with Crippen molar-refractivity contribution < 1.29 is 13.2 Å². The molecule has 2 rings (SSSR count). The first-order valence-corrected chi connectivity index (χ1v) is 7.77. The zero-order valence-corrected chi connectivity index (χ0v) is 12.2. The van der Waals surface area contributed by atoms with Crippen LogP contribution in [0.25, 0.3) is 0 Å². The van der Waals surface area contributed by atoms with E-state index >= 15 is 0 Å². The summed E-state index contributed by atoms with van der Waals surface area (Å²) in [6.45, 7) is 0. The van der Waals surface area contributed by atoms with E-state index in [9.17, 15) is 8.42 Å². The van der Waals surface area contributed by atoms with E-state index in [2.05, 4.69) is 0 Å². The average Bonchev–Trinajstić information content (AvgIpc) is 2.48. The second-order valence-electron chi connectivity index (χ2n) is 4.47. The van der Waals surface area contributed by atoms with Crippen LogP contribution in [0, 0.1) is 11.3 Å². The maximum atomic E-state index is 12.4. The van der Waals surface area contributed by atoms with Gasteiger partial charge in [-0.2, -0.15) is 5.26 Å². The Kier molecular flexibility index (Phi) is 4.15. The normalized spacial score (nSPS) is 10.9. The molecule has 2 N–H and O–H groups in total. The van der Waals surface area contributed by atoms with Gasteiger partial charge in [-0.1, -0.05) is 12.1 Å². The van der Waals surface area contributed by atoms with Crippen molar-refractivity contribution in [2.45, 2.75) is 10.6 Å². The minimum Gasteiger partial charge on any atom is -0.497 e. The number of nitrogen functional groups attached to an aromatic ring is 1. The van der Waals surface area contributed by atoms with Crippen LogP contribution < -0.4 is 10.5 Å². The van der Waals surface area contributed by atoms with Crippen molar-refractivity contribution in [1.29, 1.82) is 5.26 Å². The summed E-state index contributed by atoms with van der Waals surface area (Å²) >= 11 is 0. The Bertz CT molecular complexity index is 791. The molecular formula is C15H14N2O3S. The topological polar surface area (TPSA) is 93.2 Å². The first-order chi connectivity index (χ1) is 9.96. The number of anilines is 1. The van der Waals surface area contributed by atoms with Crippen molar-refractivity contribution >= 4 is 15.5 Å². The molecule has 0 spiro atoms. The number of ether oxygens (including phenoxy) is 1. The van der Waals surface area contributed by atoms with E-state index in [0.717, 1.165) is 0 Å². The third-order valence-corrected chi connectivity index (χ3v) is 4.73. The number of hydrogen-bond donors (Lipinski definition) is 1. The fraction of sp³-hybridized carbons (Fsp3) is 0.133. The Hall–Kier alpha value is -2.52. The molecule has 0 heterocycles. The Morgan fingerprint density at radius 3 is 2.43 bits per heavy atom. The molecule has 108 valence electrons. The molecule has 0 amide bonds. The van der Waals surface area contributed by atoms with Crippen LogP contribution in [0.2, 0.25) is 0 Å². The van der Waals surface area contributed by atoms with Crippen molar-refractivity contribution in [3.05, 3.63) is 53.6 Å². The number of rotatable bonds is 4. The molecule has 0 aromatic heterocycles. The molecule has 0 atom stereocenters. The van der Waals surface area contributed by atoms with Gasteiger partial charge in [-0.25, -0.2) is 8.42 Å². The number of nitriles is 1. The van der Waals surface area contributed by atoms with Crippen molar-refractivity contribution in [3.63, 3.8) is 0 Å². The fourth-order valence-corrected chi connectivity index (χ4v) is 3.39. The predicted octanol–water partition coefficient (Wildman–Crippen LogP) is 2.12. The van der Waals surface area contributed by atoms with E-state index < -0.39 is 9.84 Å². The van der Waals surface area contributed by atoms with Crippen LogP contribution >= 0.6 is 0 Å². The summed E-state index contributed by atoms with van der Waals surface area (Å²) in [5, 5.41) is 8.73. The molecule has 0 bridgehead atoms. The minimum absolute atomic E-state index is 0.0474. The highest BCUT2D eigenvalue weighted by atomic mass is 32.2. The Morgan fingerprint density at radius 2 is 1.86 bits per heavy atom. The number of methoxy groups -OCH3 is 1. The molecular weight excluding hydrogens is 288 g/mol. The Labute approximate surface area is 123 Å². The maximum Gasteiger partial charge on any atom is 0.184 e. The lowest BCUT2D eigenvalue weighted by Crippen LogP contribution is -2.08. The average molecular weight is 302 g/mol. The van der Waals surface area contributed by atoms with Gasteiger partial charge in [0.25, 0.3) is 0 Å². The molecule has 6 heteroatoms. The van der Waals surface area contributed by atoms with E-state index in [4.69, 9.17) is 15.7 Å². The van der Waals surface area contributed by atoms with Crippen molar-refractivity contribution in [2.75, 3.05) is 12.8 Å². The van der Waals surface area contributed by atoms with Gasteiger partial charge in [0.1, 0.15) is 5.75 Å². The number of nitrogens with two attached hydrogens (primary N) is 1. The monoisotopic (exact) mass is 302 g/mol. The largest absolute Gasteiger partial charge is 0.497 e. The summed E-state index contributed by atoms with van der Waals surface area (Å²) in [6, 6.07) is 12.9. The number of benzene rings is 2. The molecule has 0 aliphatic carbocycles. The molecule has 0 saturated carbocycles. The number of hydrogen-bond acceptors (Lipinski definition) is 5. The Morgan fingerprint density at radius 1 is 1.19 bits per heavy atom. The van der Waals surface area contributed by atoms with Gasteiger partial charge in [-0.05, 0) is 29.8 Å². The van der Waals surface area contributed by atoms with Gasteiger partial charge in [-0.15, -0.1) is 0 Å². The highest BCUT2D eigenvalue weighted by Gasteiger charge is 2.19. The second-order valence-corrected chi connectivity index (χ2v) is 6.43. The smallest absolute Gasteiger partial charge is 0.184 e. The predicted molar refractivity (Wildman–Crippen MR) is 79.5 cm³/mol. The quantitative estimate of drug-likeness (QED) is 0.873. The van der Waals surface area contributed by atoms with Crippen LogP contribution in [0.1, 0.15) is 11.1 Å². The lowest BCUT2D eigenvalue weighted by Gasteiger charge is -2.09. The summed E-state index contributed by atoms with van der Waals surface area (Å²) in [4.78, 5) is 0.0474. The standard InChI is InChI=1S/C15H14N2O3S/c1-20-13-6-7-14(17)15(8-13)21(18,19)10-12-4-2-11(9-16)3-5-12/h2-8H,10,17H2,1H3. The zero-order valence-electron chi connectivity index (χ0n) is 11.4. The van der Waals surface area contributed by atoms with Gasteiger partial charge in [0.15, 0.2) is 9.84 Å². The lowest BCUT2D eigenvalue weighted by atomic mass is 10.2. The summed E-state index contributed by atoms with van der Waals surface area (Å²) in [5.41, 5.74) is 7.01. The summed E-state index contributed by atoms with van der Waals surface area (Å²) in [5.74, 6) is 0.249. The van der Waals surface area contributed by atoms with Crippen LogP contribution in [-0.4, -0.2) is 15.5 Å². The first-order valence-electron chi connectivity index (χ1n) is 6.11. The van der Waals surface area contributed by atoms with Crippen molar-refractivity contribution in [2.24, 2.45) is 0 Å². The summed E-state index contributed by atoms with van der Waals surface area (Å²) in [6.07, 6.45) is 0. The second kappa shape index (κ2) is 5.85. The van der Waals surface area contributed by atoms with Crippen LogP contribution in [0.4, 0.5) is 5.69 Å². The fourth-order valence-electron chi connectivity index (χ4n) is 1.88. The van der Waals surface area contributed by atoms with Gasteiger partial charge in [0.05, 0.1) is 35.1 Å². The molecule has 0 fully saturated rings. The molecule has 0 aliphatic heterocycles. The van der Waals surface area contributed by atoms with Gasteiger partial charge < -0.3 is 10.5 Å². The Balaban J connectivity index is 2.35. The van der Waals surface area contributed by atoms with E-state index in [1.807, 2.05) is 6.07 Å². The zero-order chi connectivity index (χ0) is 15.5. The lowest BCUT2D eigenvalue weighted by molar-refractivity contribution is 0.413. The molecule has 0 radical (unpaired) electrons. The summed E-state index contributed by atoms with van der Waals surface area (Å²) < 4.78 is 29.9. The first kappa shape index (κ1) is 14.9. The van der Waals surface area contributed by atoms with E-state index in [1.165, 1.54) is 19.2 Å². The number of sulfone groups is 1. The molecule has 2 aromatic rings. The minimum atomic E-state index is -3.58. The SMILES string of the molecule is COc1ccc(N)c(S(=O)(=O)Cc2ccc(C#N)cc2)c1. The van der Waals surface area contributed by atoms with Gasteiger partial charge in [-0.3, -0.25) is 0 Å². The molecule has 0 saturated heterocycles. The van der Waals surface area contributed by atoms with E-state index in [0.29, 0.717) is 16.9 Å². The molecule has 2 aromatic carbocycles. The highest BCUT2D eigenvalue weighted by molar-refractivity contribution is 7.90. The van der Waals surface area contributed by atoms with Crippen molar-refractivity contribution in [3.8, 4) is 11.8 Å². The third kappa shape index (κ3) is 3.33. The molecule has 5 nitrogen and oxygen atoms in total. The maximum absolute atomic E-state index is 12.4. The highest BCUT2D eigenvalue weighted by Crippen LogP contribution is 2.27. The molecule has 0 aliphatic rings.